The van der Waals surface area contributed by atoms with Gasteiger partial charge in [-0.3, -0.25) is 0 Å². The third-order valence-electron chi connectivity index (χ3n) is 11.6. The van der Waals surface area contributed by atoms with E-state index in [0.717, 1.165) is 12.8 Å². The van der Waals surface area contributed by atoms with Crippen LogP contribution in [0, 0.1) is 5.92 Å². The first kappa shape index (κ1) is 29.2. The summed E-state index contributed by atoms with van der Waals surface area (Å²) in [6, 6.07) is 47.0. The number of thioether (sulfide) groups is 1. The fraction of sp³-hybridized carbons (Fsp3) is 0.125. The van der Waals surface area contributed by atoms with Crippen LogP contribution in [0.25, 0.3) is 39.9 Å². The highest BCUT2D eigenvalue weighted by molar-refractivity contribution is 8.03. The van der Waals surface area contributed by atoms with Gasteiger partial charge in [-0.15, -0.1) is 0 Å². The first-order valence-corrected chi connectivity index (χ1v) is 19.0. The Morgan fingerprint density at radius 1 is 0.686 bits per heavy atom. The van der Waals surface area contributed by atoms with Gasteiger partial charge in [0, 0.05) is 55.7 Å². The van der Waals surface area contributed by atoms with Gasteiger partial charge in [0.15, 0.2) is 0 Å². The second-order valence-electron chi connectivity index (χ2n) is 14.4. The van der Waals surface area contributed by atoms with E-state index in [-0.39, 0.29) is 0 Å². The van der Waals surface area contributed by atoms with Crippen molar-refractivity contribution >= 4 is 40.5 Å². The molecule has 4 unspecified atom stereocenters. The summed E-state index contributed by atoms with van der Waals surface area (Å²) >= 11 is 1.95. The topological polar surface area (TPSA) is 8.17 Å². The Bertz CT molecular complexity index is 2650. The molecule has 0 bridgehead atoms. The van der Waals surface area contributed by atoms with Crippen LogP contribution in [0.5, 0.6) is 0 Å². The van der Waals surface area contributed by atoms with Crippen LogP contribution in [0.2, 0.25) is 0 Å². The van der Waals surface area contributed by atoms with E-state index in [4.69, 9.17) is 0 Å². The van der Waals surface area contributed by atoms with Crippen LogP contribution in [0.4, 0.5) is 5.69 Å². The van der Waals surface area contributed by atoms with Gasteiger partial charge in [0.05, 0.1) is 11.6 Å². The number of anilines is 1. The minimum absolute atomic E-state index is 0.290. The molecule has 5 aliphatic rings. The molecule has 2 nitrogen and oxygen atoms in total. The van der Waals surface area contributed by atoms with Crippen LogP contribution >= 0.6 is 11.8 Å². The van der Waals surface area contributed by atoms with E-state index in [9.17, 15) is 0 Å². The third-order valence-corrected chi connectivity index (χ3v) is 12.9. The maximum absolute atomic E-state index is 2.65. The minimum Gasteiger partial charge on any atom is -0.337 e. The van der Waals surface area contributed by atoms with Gasteiger partial charge in [-0.05, 0) is 88.1 Å². The third kappa shape index (κ3) is 4.58. The number of rotatable bonds is 4. The first-order valence-electron chi connectivity index (χ1n) is 18.2. The number of fused-ring (bicyclic) bond motifs is 9. The molecule has 3 heteroatoms. The minimum atomic E-state index is 0.290. The van der Waals surface area contributed by atoms with Crippen molar-refractivity contribution in [2.24, 2.45) is 5.92 Å². The van der Waals surface area contributed by atoms with Crippen LogP contribution in [-0.4, -0.2) is 10.6 Å². The quantitative estimate of drug-likeness (QED) is 0.184. The van der Waals surface area contributed by atoms with Crippen LogP contribution < -0.4 is 15.5 Å². The van der Waals surface area contributed by atoms with Gasteiger partial charge in [-0.2, -0.15) is 0 Å². The maximum Gasteiger partial charge on any atom is 0.0626 e. The van der Waals surface area contributed by atoms with Gasteiger partial charge < -0.3 is 9.47 Å². The first-order chi connectivity index (χ1) is 25.3. The van der Waals surface area contributed by atoms with E-state index < -0.39 is 0 Å². The monoisotopic (exact) mass is 672 g/mol. The molecule has 0 spiro atoms. The normalized spacial score (nSPS) is 22.4. The molecule has 5 aromatic carbocycles. The van der Waals surface area contributed by atoms with Crippen molar-refractivity contribution < 1.29 is 0 Å². The Balaban J connectivity index is 0.956. The van der Waals surface area contributed by atoms with E-state index in [1.54, 1.807) is 0 Å². The van der Waals surface area contributed by atoms with Crippen molar-refractivity contribution in [1.29, 1.82) is 0 Å². The molecule has 6 aromatic rings. The molecule has 244 valence electrons. The van der Waals surface area contributed by atoms with E-state index in [1.165, 1.54) is 76.2 Å². The summed E-state index contributed by atoms with van der Waals surface area (Å²) in [5, 5.41) is 3.97. The Kier molecular flexibility index (Phi) is 6.60. The molecule has 0 amide bonds. The van der Waals surface area contributed by atoms with Crippen LogP contribution in [0.3, 0.4) is 0 Å². The van der Waals surface area contributed by atoms with E-state index in [2.05, 4.69) is 179 Å². The average molecular weight is 673 g/mol. The summed E-state index contributed by atoms with van der Waals surface area (Å²) in [5.41, 5.74) is 12.1. The number of nitrogens with zero attached hydrogens (tertiary/aromatic N) is 2. The van der Waals surface area contributed by atoms with Gasteiger partial charge >= 0.3 is 0 Å². The molecule has 0 radical (unpaired) electrons. The second-order valence-corrected chi connectivity index (χ2v) is 15.5. The second kappa shape index (κ2) is 11.5. The fourth-order valence-corrected chi connectivity index (χ4v) is 10.5. The van der Waals surface area contributed by atoms with Crippen LogP contribution in [0.15, 0.2) is 179 Å². The molecule has 51 heavy (non-hydrogen) atoms. The zero-order chi connectivity index (χ0) is 33.5. The number of aromatic nitrogens is 1. The van der Waals surface area contributed by atoms with Gasteiger partial charge in [-0.1, -0.05) is 139 Å². The summed E-state index contributed by atoms with van der Waals surface area (Å²) in [6.07, 6.45) is 19.4. The summed E-state index contributed by atoms with van der Waals surface area (Å²) in [5.74, 6) is 1.12. The highest BCUT2D eigenvalue weighted by Gasteiger charge is 2.41. The standard InChI is InChI=1S/C48H36N2S/c1-2-11-31(12-3-1)32-13-10-14-35(27-32)49-43-18-7-4-15-37(43)40-28-33(21-24-45(40)49)34-22-25-46-41(29-34)38-16-5-8-19-44(38)50(46)36-23-26-48-42(30-36)39-17-6-9-20-47(39)51-48/h1-20,22-29,33,41-42,46H,21,30H2. The lowest BCUT2D eigenvalue weighted by Gasteiger charge is -2.34. The van der Waals surface area contributed by atoms with Crippen molar-refractivity contribution in [3.63, 3.8) is 0 Å². The van der Waals surface area contributed by atoms with Gasteiger partial charge in [0.2, 0.25) is 0 Å². The SMILES string of the molecule is C1=CC2C(C=C1C1C=c3c(n(-c4cccc(-c5ccccc5)c4)c4ccccc34)=CC1)c1ccccc1N2C1=CC=C2Sc3ccccc3C2C1. The average Bonchev–Trinajstić information content (AvgIpc) is 3.85. The number of hydrogen-bond donors (Lipinski definition) is 0. The Morgan fingerprint density at radius 2 is 1.49 bits per heavy atom. The zero-order valence-corrected chi connectivity index (χ0v) is 29.0. The summed E-state index contributed by atoms with van der Waals surface area (Å²) in [7, 11) is 0. The summed E-state index contributed by atoms with van der Waals surface area (Å²) in [4.78, 5) is 5.55. The predicted octanol–water partition coefficient (Wildman–Crippen LogP) is 10.4. The molecule has 3 heterocycles. The van der Waals surface area contributed by atoms with E-state index >= 15 is 0 Å². The molecule has 0 saturated carbocycles. The number of benzene rings is 5. The Morgan fingerprint density at radius 3 is 2.43 bits per heavy atom. The highest BCUT2D eigenvalue weighted by Crippen LogP contribution is 2.55. The van der Waals surface area contributed by atoms with Crippen molar-refractivity contribution in [2.75, 3.05) is 4.90 Å². The molecule has 0 N–H and O–H groups in total. The largest absolute Gasteiger partial charge is 0.337 e. The molecule has 1 aromatic heterocycles. The van der Waals surface area contributed by atoms with Crippen molar-refractivity contribution in [3.8, 4) is 16.8 Å². The molecule has 4 atom stereocenters. The fourth-order valence-electron chi connectivity index (χ4n) is 9.30. The predicted molar refractivity (Wildman–Crippen MR) is 213 cm³/mol. The molecule has 0 fully saturated rings. The maximum atomic E-state index is 2.65. The molecule has 0 saturated heterocycles. The van der Waals surface area contributed by atoms with Crippen molar-refractivity contribution in [1.82, 2.24) is 4.57 Å². The Hall–Kier alpha value is -5.51. The van der Waals surface area contributed by atoms with Crippen molar-refractivity contribution in [2.45, 2.75) is 35.6 Å². The summed E-state index contributed by atoms with van der Waals surface area (Å²) < 4.78 is 2.47. The molecular formula is C48H36N2S. The van der Waals surface area contributed by atoms with Crippen LogP contribution in [0.1, 0.15) is 35.8 Å². The lowest BCUT2D eigenvalue weighted by Crippen LogP contribution is -2.35. The van der Waals surface area contributed by atoms with Gasteiger partial charge in [-0.25, -0.2) is 0 Å². The van der Waals surface area contributed by atoms with Crippen molar-refractivity contribution in [3.05, 3.63) is 196 Å². The number of hydrogen-bond acceptors (Lipinski definition) is 2. The van der Waals surface area contributed by atoms with Gasteiger partial charge in [0.1, 0.15) is 0 Å². The number of para-hydroxylation sites is 2. The smallest absolute Gasteiger partial charge is 0.0626 e. The molecule has 11 rings (SSSR count). The lowest BCUT2D eigenvalue weighted by atomic mass is 9.81. The van der Waals surface area contributed by atoms with Gasteiger partial charge in [0.25, 0.3) is 0 Å². The van der Waals surface area contributed by atoms with E-state index in [0.29, 0.717) is 23.8 Å². The molecule has 2 aliphatic heterocycles. The lowest BCUT2D eigenvalue weighted by molar-refractivity contribution is 0.668. The molecular weight excluding hydrogens is 637 g/mol. The summed E-state index contributed by atoms with van der Waals surface area (Å²) in [6.45, 7) is 0. The highest BCUT2D eigenvalue weighted by atomic mass is 32.2. The Labute approximate surface area is 302 Å². The molecule has 3 aliphatic carbocycles. The zero-order valence-electron chi connectivity index (χ0n) is 28.2. The van der Waals surface area contributed by atoms with E-state index in [1.807, 2.05) is 11.8 Å². The number of allylic oxidation sites excluding steroid dienone is 6. The van der Waals surface area contributed by atoms with Crippen LogP contribution in [-0.2, 0) is 0 Å².